The first-order valence-electron chi connectivity index (χ1n) is 14.8. The highest BCUT2D eigenvalue weighted by atomic mass is 32.2. The van der Waals surface area contributed by atoms with Crippen LogP contribution < -0.4 is 43.4 Å². The molecule has 12 N–H and O–H groups in total. The molecule has 0 aromatic carbocycles. The molecule has 19 nitrogen and oxygen atoms in total. The highest BCUT2D eigenvalue weighted by molar-refractivity contribution is 7.98. The second kappa shape index (κ2) is 19.7. The number of amides is 7. The van der Waals surface area contributed by atoms with E-state index in [1.54, 1.807) is 6.26 Å². The van der Waals surface area contributed by atoms with Crippen LogP contribution in [0.3, 0.4) is 0 Å². The molecule has 260 valence electrons. The summed E-state index contributed by atoms with van der Waals surface area (Å²) in [6, 6.07) is -5.93. The lowest BCUT2D eigenvalue weighted by Gasteiger charge is -2.24. The van der Waals surface area contributed by atoms with Crippen LogP contribution in [-0.2, 0) is 44.8 Å². The minimum atomic E-state index is -1.61. The normalized spacial score (nSPS) is 16.5. The lowest BCUT2D eigenvalue weighted by Crippen LogP contribution is -2.57. The number of rotatable bonds is 21. The fraction of sp³-hybridized carbons (Fsp3) is 0.593. The largest absolute Gasteiger partial charge is 0.480 e. The van der Waals surface area contributed by atoms with E-state index < -0.39 is 84.6 Å². The Bertz CT molecular complexity index is 1270. The second-order valence-corrected chi connectivity index (χ2v) is 11.7. The van der Waals surface area contributed by atoms with Crippen LogP contribution in [0.5, 0.6) is 0 Å². The van der Waals surface area contributed by atoms with Crippen LogP contribution in [0, 0.1) is 0 Å². The molecule has 5 atom stereocenters. The average Bonchev–Trinajstić information content (AvgIpc) is 3.74. The number of nitrogens with one attached hydrogen (secondary N) is 7. The van der Waals surface area contributed by atoms with Crippen molar-refractivity contribution in [2.75, 3.05) is 25.1 Å². The minimum Gasteiger partial charge on any atom is -0.480 e. The van der Waals surface area contributed by atoms with Gasteiger partial charge in [-0.3, -0.25) is 33.6 Å². The summed E-state index contributed by atoms with van der Waals surface area (Å²) >= 11 is 1.35. The number of aromatic nitrogens is 2. The fourth-order valence-electron chi connectivity index (χ4n) is 4.55. The van der Waals surface area contributed by atoms with Gasteiger partial charge in [0.15, 0.2) is 0 Å². The molecule has 1 aromatic heterocycles. The van der Waals surface area contributed by atoms with Gasteiger partial charge >= 0.3 is 5.97 Å². The van der Waals surface area contributed by atoms with Crippen LogP contribution in [0.25, 0.3) is 0 Å². The van der Waals surface area contributed by atoms with E-state index >= 15 is 0 Å². The predicted molar refractivity (Wildman–Crippen MR) is 167 cm³/mol. The third-order valence-electron chi connectivity index (χ3n) is 7.01. The zero-order chi connectivity index (χ0) is 34.9. The lowest BCUT2D eigenvalue weighted by atomic mass is 10.1. The number of carbonyl (C=O) groups excluding carboxylic acids is 7. The fourth-order valence-corrected chi connectivity index (χ4v) is 5.02. The number of H-pyrrole nitrogens is 1. The van der Waals surface area contributed by atoms with E-state index in [1.165, 1.54) is 24.3 Å². The molecule has 2 heterocycles. The molecular formula is C27H42N10O9S. The van der Waals surface area contributed by atoms with Crippen molar-refractivity contribution in [3.05, 3.63) is 18.2 Å². The maximum atomic E-state index is 13.2. The summed E-state index contributed by atoms with van der Waals surface area (Å²) in [5.74, 6) is -6.68. The van der Waals surface area contributed by atoms with Gasteiger partial charge in [0, 0.05) is 24.7 Å². The number of aliphatic carboxylic acids is 1. The summed E-state index contributed by atoms with van der Waals surface area (Å²) in [6.45, 7) is 0.0201. The molecule has 2 rings (SSSR count). The Morgan fingerprint density at radius 3 is 2.21 bits per heavy atom. The predicted octanol–water partition coefficient (Wildman–Crippen LogP) is -4.26. The van der Waals surface area contributed by atoms with Gasteiger partial charge in [0.05, 0.1) is 25.3 Å². The Morgan fingerprint density at radius 1 is 0.936 bits per heavy atom. The molecule has 1 aromatic rings. The van der Waals surface area contributed by atoms with Crippen LogP contribution in [0.1, 0.15) is 44.2 Å². The molecule has 0 spiro atoms. The maximum Gasteiger partial charge on any atom is 0.326 e. The third-order valence-corrected chi connectivity index (χ3v) is 7.65. The van der Waals surface area contributed by atoms with Crippen molar-refractivity contribution in [2.24, 2.45) is 11.5 Å². The van der Waals surface area contributed by atoms with Gasteiger partial charge in [-0.15, -0.1) is 0 Å². The Morgan fingerprint density at radius 2 is 1.64 bits per heavy atom. The second-order valence-electron chi connectivity index (χ2n) is 10.7. The number of thioether (sulfide) groups is 1. The van der Waals surface area contributed by atoms with Crippen LogP contribution >= 0.6 is 11.8 Å². The first-order valence-corrected chi connectivity index (χ1v) is 16.2. The molecule has 0 bridgehead atoms. The summed E-state index contributed by atoms with van der Waals surface area (Å²) < 4.78 is 0. The smallest absolute Gasteiger partial charge is 0.326 e. The van der Waals surface area contributed by atoms with Gasteiger partial charge in [-0.25, -0.2) is 9.78 Å². The molecule has 47 heavy (non-hydrogen) atoms. The van der Waals surface area contributed by atoms with Gasteiger partial charge in [0.25, 0.3) is 0 Å². The molecule has 1 aliphatic rings. The molecule has 0 saturated carbocycles. The van der Waals surface area contributed by atoms with Gasteiger partial charge in [-0.2, -0.15) is 11.8 Å². The summed E-state index contributed by atoms with van der Waals surface area (Å²) in [7, 11) is 0. The summed E-state index contributed by atoms with van der Waals surface area (Å²) in [4.78, 5) is 106. The highest BCUT2D eigenvalue weighted by Crippen LogP contribution is 2.07. The number of imidazole rings is 1. The molecule has 7 amide bonds. The van der Waals surface area contributed by atoms with Crippen LogP contribution in [0.15, 0.2) is 12.5 Å². The standard InChI is InChI=1S/C27H42N10O9S/c1-47-8-6-17(27(45)46)35-26(44)19(10-21(29)39)37-25(43)16(4-5-20(28)38)34-22(40)12-32-23(41)18(9-14-11-30-13-33-14)36-24(42)15-3-2-7-31-15/h11,13,15-19,31H,2-10,12H2,1H3,(H2,28,38)(H2,29,39)(H,30,33)(H,32,41)(H,34,40)(H,35,44)(H,36,42)(H,37,43)(H,45,46)/t15-,16-,17-,18-,19-/m0/s1. The first kappa shape index (κ1) is 38.5. The van der Waals surface area contributed by atoms with Crippen molar-refractivity contribution >= 4 is 59.1 Å². The van der Waals surface area contributed by atoms with Crippen molar-refractivity contribution < 1.29 is 43.5 Å². The average molecular weight is 683 g/mol. The SMILES string of the molecule is CSCC[C@H](NC(=O)[C@H](CC(N)=O)NC(=O)[C@H](CCC(N)=O)NC(=O)CNC(=O)[C@H](Cc1cnc[nH]1)NC(=O)[C@@H]1CCCN1)C(=O)O. The number of carbonyl (C=O) groups is 8. The number of hydrogen-bond acceptors (Lipinski definition) is 11. The van der Waals surface area contributed by atoms with Crippen molar-refractivity contribution in [3.63, 3.8) is 0 Å². The number of hydrogen-bond donors (Lipinski definition) is 10. The summed E-state index contributed by atoms with van der Waals surface area (Å²) in [5, 5.41) is 24.4. The summed E-state index contributed by atoms with van der Waals surface area (Å²) in [5.41, 5.74) is 11.0. The number of aromatic amines is 1. The van der Waals surface area contributed by atoms with Gasteiger partial charge < -0.3 is 53.5 Å². The number of carboxylic acid groups (broad SMARTS) is 1. The number of nitrogens with two attached hydrogens (primary N) is 2. The van der Waals surface area contributed by atoms with Crippen molar-refractivity contribution in [1.29, 1.82) is 0 Å². The topological polar surface area (TPSA) is 310 Å². The first-order chi connectivity index (χ1) is 22.3. The van der Waals surface area contributed by atoms with Gasteiger partial charge in [-0.1, -0.05) is 0 Å². The Hall–Kier alpha value is -4.72. The summed E-state index contributed by atoms with van der Waals surface area (Å²) in [6.07, 6.45) is 4.76. The van der Waals surface area contributed by atoms with Crippen molar-refractivity contribution in [1.82, 2.24) is 41.9 Å². The lowest BCUT2D eigenvalue weighted by molar-refractivity contribution is -0.142. The Labute approximate surface area is 274 Å². The van der Waals surface area contributed by atoms with E-state index in [1.807, 2.05) is 0 Å². The molecule has 0 aliphatic carbocycles. The van der Waals surface area contributed by atoms with Crippen LogP contribution in [-0.4, -0.2) is 118 Å². The Kier molecular flexibility index (Phi) is 16.1. The van der Waals surface area contributed by atoms with Crippen molar-refractivity contribution in [2.45, 2.75) is 75.2 Å². The molecular weight excluding hydrogens is 640 g/mol. The van der Waals surface area contributed by atoms with Gasteiger partial charge in [0.2, 0.25) is 41.4 Å². The third kappa shape index (κ3) is 14.1. The number of nitrogens with zero attached hydrogens (tertiary/aromatic N) is 1. The van der Waals surface area contributed by atoms with E-state index in [4.69, 9.17) is 11.5 Å². The molecule has 20 heteroatoms. The van der Waals surface area contributed by atoms with Crippen molar-refractivity contribution in [3.8, 4) is 0 Å². The van der Waals surface area contributed by atoms with Gasteiger partial charge in [0.1, 0.15) is 24.2 Å². The zero-order valence-corrected chi connectivity index (χ0v) is 26.7. The molecule has 1 fully saturated rings. The van der Waals surface area contributed by atoms with Gasteiger partial charge in [-0.05, 0) is 44.2 Å². The monoisotopic (exact) mass is 682 g/mol. The van der Waals surface area contributed by atoms with Crippen LogP contribution in [0.2, 0.25) is 0 Å². The molecule has 0 unspecified atom stereocenters. The van der Waals surface area contributed by atoms with E-state index in [9.17, 15) is 43.5 Å². The van der Waals surface area contributed by atoms with Crippen LogP contribution in [0.4, 0.5) is 0 Å². The Balaban J connectivity index is 2.09. The maximum absolute atomic E-state index is 13.2. The van der Waals surface area contributed by atoms with E-state index in [2.05, 4.69) is 41.9 Å². The molecule has 1 aliphatic heterocycles. The zero-order valence-electron chi connectivity index (χ0n) is 25.8. The van der Waals surface area contributed by atoms with E-state index in [0.29, 0.717) is 24.4 Å². The van der Waals surface area contributed by atoms with E-state index in [0.717, 1.165) is 6.42 Å². The highest BCUT2D eigenvalue weighted by Gasteiger charge is 2.32. The number of primary amides is 2. The quantitative estimate of drug-likeness (QED) is 0.0589. The van der Waals surface area contributed by atoms with E-state index in [-0.39, 0.29) is 31.6 Å². The number of carboxylic acids is 1. The minimum absolute atomic E-state index is 0.0406. The molecule has 0 radical (unpaired) electrons. The molecule has 1 saturated heterocycles.